The minimum Gasteiger partial charge on any atom is -0.387 e. The molecule has 0 aliphatic carbocycles. The normalized spacial score (nSPS) is 10.6. The fourth-order valence-electron chi connectivity index (χ4n) is 2.27. The number of thiophene rings is 1. The number of hydrogen-bond donors (Lipinski definition) is 2. The highest BCUT2D eigenvalue weighted by molar-refractivity contribution is 7.13. The van der Waals surface area contributed by atoms with Gasteiger partial charge in [-0.25, -0.2) is 9.18 Å². The SMILES string of the molecule is CC(=O)Nc1ccc(F)c(NC(=O)CCn2nc(-c3cccs3)oc2=O)c1. The monoisotopic (exact) mass is 390 g/mol. The summed E-state index contributed by atoms with van der Waals surface area (Å²) < 4.78 is 19.9. The molecule has 3 rings (SSSR count). The van der Waals surface area contributed by atoms with Gasteiger partial charge in [-0.1, -0.05) is 6.07 Å². The summed E-state index contributed by atoms with van der Waals surface area (Å²) in [6, 6.07) is 7.39. The molecule has 0 saturated carbocycles. The molecule has 0 atom stereocenters. The zero-order chi connectivity index (χ0) is 19.4. The third-order valence-corrected chi connectivity index (χ3v) is 4.31. The molecule has 0 bridgehead atoms. The van der Waals surface area contributed by atoms with Gasteiger partial charge < -0.3 is 15.1 Å². The molecule has 0 radical (unpaired) electrons. The van der Waals surface area contributed by atoms with E-state index < -0.39 is 17.5 Å². The van der Waals surface area contributed by atoms with Gasteiger partial charge in [0.15, 0.2) is 0 Å². The van der Waals surface area contributed by atoms with Gasteiger partial charge in [0.25, 0.3) is 5.89 Å². The van der Waals surface area contributed by atoms with Crippen LogP contribution in [0.15, 0.2) is 44.9 Å². The Morgan fingerprint density at radius 1 is 1.30 bits per heavy atom. The molecule has 2 amide bonds. The number of rotatable bonds is 6. The Morgan fingerprint density at radius 2 is 2.11 bits per heavy atom. The summed E-state index contributed by atoms with van der Waals surface area (Å²) in [6.45, 7) is 1.30. The smallest absolute Gasteiger partial charge is 0.387 e. The molecule has 2 N–H and O–H groups in total. The lowest BCUT2D eigenvalue weighted by Gasteiger charge is -2.09. The van der Waals surface area contributed by atoms with Crippen LogP contribution in [0, 0.1) is 5.82 Å². The van der Waals surface area contributed by atoms with E-state index in [9.17, 15) is 18.8 Å². The van der Waals surface area contributed by atoms with E-state index in [-0.39, 0.29) is 30.5 Å². The Balaban J connectivity index is 1.64. The number of carbonyl (C=O) groups excluding carboxylic acids is 2. The van der Waals surface area contributed by atoms with Gasteiger partial charge in [-0.05, 0) is 29.6 Å². The van der Waals surface area contributed by atoms with Crippen LogP contribution in [-0.4, -0.2) is 21.6 Å². The number of carbonyl (C=O) groups is 2. The van der Waals surface area contributed by atoms with Gasteiger partial charge >= 0.3 is 5.76 Å². The fraction of sp³-hybridized carbons (Fsp3) is 0.176. The molecule has 0 spiro atoms. The standard InChI is InChI=1S/C17H15FN4O4S/c1-10(23)19-11-4-5-12(18)13(9-11)20-15(24)6-7-22-17(25)26-16(21-22)14-3-2-8-27-14/h2-5,8-9H,6-7H2,1H3,(H,19,23)(H,20,24). The maximum atomic E-state index is 13.8. The lowest BCUT2D eigenvalue weighted by atomic mass is 10.2. The van der Waals surface area contributed by atoms with E-state index in [1.807, 2.05) is 5.38 Å². The van der Waals surface area contributed by atoms with Crippen LogP contribution in [0.1, 0.15) is 13.3 Å². The number of hydrogen-bond acceptors (Lipinski definition) is 6. The zero-order valence-corrected chi connectivity index (χ0v) is 15.0. The molecule has 0 aliphatic heterocycles. The van der Waals surface area contributed by atoms with Crippen molar-refractivity contribution in [2.75, 3.05) is 10.6 Å². The fourth-order valence-corrected chi connectivity index (χ4v) is 2.91. The second-order valence-electron chi connectivity index (χ2n) is 5.55. The topological polar surface area (TPSA) is 106 Å². The number of benzene rings is 1. The summed E-state index contributed by atoms with van der Waals surface area (Å²) in [6.07, 6.45) is -0.111. The summed E-state index contributed by atoms with van der Waals surface area (Å²) in [7, 11) is 0. The molecule has 3 aromatic rings. The first-order valence-corrected chi connectivity index (χ1v) is 8.79. The van der Waals surface area contributed by atoms with Gasteiger partial charge in [-0.3, -0.25) is 9.59 Å². The summed E-state index contributed by atoms with van der Waals surface area (Å²) in [4.78, 5) is 35.7. The minimum absolute atomic E-state index is 0.0213. The second kappa shape index (κ2) is 7.96. The van der Waals surface area contributed by atoms with Crippen LogP contribution < -0.4 is 16.4 Å². The third-order valence-electron chi connectivity index (χ3n) is 3.45. The number of nitrogens with zero attached hydrogens (tertiary/aromatic N) is 2. The highest BCUT2D eigenvalue weighted by atomic mass is 32.1. The average Bonchev–Trinajstić information content (AvgIpc) is 3.25. The van der Waals surface area contributed by atoms with Crippen LogP contribution in [0.25, 0.3) is 10.8 Å². The third kappa shape index (κ3) is 4.67. The van der Waals surface area contributed by atoms with Crippen molar-refractivity contribution in [3.05, 3.63) is 52.1 Å². The molecular formula is C17H15FN4O4S. The van der Waals surface area contributed by atoms with Gasteiger partial charge in [-0.2, -0.15) is 4.68 Å². The van der Waals surface area contributed by atoms with Crippen LogP contribution in [-0.2, 0) is 16.1 Å². The van der Waals surface area contributed by atoms with E-state index in [1.165, 1.54) is 30.4 Å². The van der Waals surface area contributed by atoms with E-state index in [0.717, 1.165) is 10.7 Å². The van der Waals surface area contributed by atoms with Crippen LogP contribution in [0.2, 0.25) is 0 Å². The number of amides is 2. The quantitative estimate of drug-likeness (QED) is 0.673. The molecule has 10 heteroatoms. The predicted octanol–water partition coefficient (Wildman–Crippen LogP) is 2.69. The molecule has 8 nitrogen and oxygen atoms in total. The molecular weight excluding hydrogens is 375 g/mol. The van der Waals surface area contributed by atoms with E-state index in [0.29, 0.717) is 10.6 Å². The van der Waals surface area contributed by atoms with E-state index in [4.69, 9.17) is 4.42 Å². The molecule has 2 heterocycles. The van der Waals surface area contributed by atoms with Crippen LogP contribution in [0.3, 0.4) is 0 Å². The number of aryl methyl sites for hydroxylation is 1. The van der Waals surface area contributed by atoms with Crippen molar-refractivity contribution < 1.29 is 18.4 Å². The van der Waals surface area contributed by atoms with Gasteiger partial charge in [0, 0.05) is 19.0 Å². The molecule has 1 aromatic carbocycles. The number of halogens is 1. The van der Waals surface area contributed by atoms with Crippen LogP contribution >= 0.6 is 11.3 Å². The van der Waals surface area contributed by atoms with Gasteiger partial charge in [0.1, 0.15) is 5.82 Å². The molecule has 0 unspecified atom stereocenters. The summed E-state index contributed by atoms with van der Waals surface area (Å²) >= 11 is 1.37. The maximum absolute atomic E-state index is 13.8. The highest BCUT2D eigenvalue weighted by Crippen LogP contribution is 2.21. The van der Waals surface area contributed by atoms with Crippen molar-refractivity contribution in [1.29, 1.82) is 0 Å². The summed E-state index contributed by atoms with van der Waals surface area (Å²) in [5, 5.41) is 10.8. The number of aromatic nitrogens is 2. The van der Waals surface area contributed by atoms with Crippen LogP contribution in [0.5, 0.6) is 0 Å². The Labute approximate surface area is 156 Å². The largest absolute Gasteiger partial charge is 0.437 e. The van der Waals surface area contributed by atoms with E-state index in [1.54, 1.807) is 12.1 Å². The van der Waals surface area contributed by atoms with Crippen molar-refractivity contribution in [2.24, 2.45) is 0 Å². The molecule has 27 heavy (non-hydrogen) atoms. The first kappa shape index (κ1) is 18.5. The van der Waals surface area contributed by atoms with Crippen LogP contribution in [0.4, 0.5) is 15.8 Å². The van der Waals surface area contributed by atoms with Gasteiger partial charge in [0.2, 0.25) is 11.8 Å². The van der Waals surface area contributed by atoms with Crippen molar-refractivity contribution in [3.8, 4) is 10.8 Å². The lowest BCUT2D eigenvalue weighted by molar-refractivity contribution is -0.116. The van der Waals surface area contributed by atoms with E-state index >= 15 is 0 Å². The minimum atomic E-state index is -0.676. The molecule has 140 valence electrons. The Bertz CT molecular complexity index is 1030. The maximum Gasteiger partial charge on any atom is 0.437 e. The van der Waals surface area contributed by atoms with Crippen molar-refractivity contribution in [2.45, 2.75) is 19.9 Å². The summed E-state index contributed by atoms with van der Waals surface area (Å²) in [5.41, 5.74) is 0.283. The Kier molecular flexibility index (Phi) is 5.46. The first-order valence-electron chi connectivity index (χ1n) is 7.91. The van der Waals surface area contributed by atoms with Crippen molar-refractivity contribution in [3.63, 3.8) is 0 Å². The van der Waals surface area contributed by atoms with Gasteiger partial charge in [-0.15, -0.1) is 16.4 Å². The van der Waals surface area contributed by atoms with Gasteiger partial charge in [0.05, 0.1) is 17.1 Å². The molecule has 0 saturated heterocycles. The number of nitrogens with one attached hydrogen (secondary N) is 2. The highest BCUT2D eigenvalue weighted by Gasteiger charge is 2.13. The Morgan fingerprint density at radius 3 is 2.81 bits per heavy atom. The first-order chi connectivity index (χ1) is 12.9. The van der Waals surface area contributed by atoms with Crippen molar-refractivity contribution in [1.82, 2.24) is 9.78 Å². The average molecular weight is 390 g/mol. The molecule has 0 aliphatic rings. The summed E-state index contributed by atoms with van der Waals surface area (Å²) in [5.74, 6) is -1.96. The predicted molar refractivity (Wildman–Crippen MR) is 98.0 cm³/mol. The molecule has 2 aromatic heterocycles. The number of anilines is 2. The Hall–Kier alpha value is -3.27. The second-order valence-corrected chi connectivity index (χ2v) is 6.50. The van der Waals surface area contributed by atoms with Crippen molar-refractivity contribution >= 4 is 34.5 Å². The lowest BCUT2D eigenvalue weighted by Crippen LogP contribution is -2.21. The van der Waals surface area contributed by atoms with E-state index in [2.05, 4.69) is 15.7 Å². The zero-order valence-electron chi connectivity index (χ0n) is 14.2. The molecule has 0 fully saturated rings.